The molecule has 1 heterocycles. The van der Waals surface area contributed by atoms with Crippen LogP contribution >= 0.6 is 31.9 Å². The third-order valence-electron chi connectivity index (χ3n) is 3.15. The first-order valence-corrected chi connectivity index (χ1v) is 7.82. The van der Waals surface area contributed by atoms with E-state index in [1.165, 1.54) is 5.56 Å². The van der Waals surface area contributed by atoms with Crippen LogP contribution in [0.2, 0.25) is 0 Å². The zero-order chi connectivity index (χ0) is 14.5. The number of aromatic nitrogens is 1. The fourth-order valence-electron chi connectivity index (χ4n) is 2.06. The lowest BCUT2D eigenvalue weighted by molar-refractivity contribution is 0.414. The molecule has 0 amide bonds. The quantitative estimate of drug-likeness (QED) is 0.821. The minimum atomic E-state index is 0.198. The van der Waals surface area contributed by atoms with Crippen LogP contribution in [-0.2, 0) is 6.42 Å². The van der Waals surface area contributed by atoms with Gasteiger partial charge in [0.2, 0.25) is 0 Å². The summed E-state index contributed by atoms with van der Waals surface area (Å²) >= 11 is 7.06. The Hall–Kier alpha value is -0.910. The van der Waals surface area contributed by atoms with E-state index in [1.54, 1.807) is 13.3 Å². The Labute approximate surface area is 136 Å². The van der Waals surface area contributed by atoms with Crippen molar-refractivity contribution in [3.05, 3.63) is 56.7 Å². The van der Waals surface area contributed by atoms with E-state index in [0.29, 0.717) is 0 Å². The number of nitrogens with zero attached hydrogens (tertiary/aromatic N) is 1. The van der Waals surface area contributed by atoms with Crippen molar-refractivity contribution in [1.82, 2.24) is 10.3 Å². The topological polar surface area (TPSA) is 34.1 Å². The number of halogens is 2. The molecule has 20 heavy (non-hydrogen) atoms. The molecule has 1 aromatic heterocycles. The molecule has 3 nitrogen and oxygen atoms in total. The van der Waals surface area contributed by atoms with Crippen LogP contribution in [0.25, 0.3) is 0 Å². The van der Waals surface area contributed by atoms with Crippen molar-refractivity contribution in [3.8, 4) is 5.75 Å². The SMILES string of the molecule is CNC(Cc1cc(OC)ccc1Br)c1cncc(Br)c1. The van der Waals surface area contributed by atoms with Gasteiger partial charge in [-0.3, -0.25) is 4.98 Å². The van der Waals surface area contributed by atoms with E-state index in [1.807, 2.05) is 25.4 Å². The van der Waals surface area contributed by atoms with Crippen LogP contribution < -0.4 is 10.1 Å². The predicted molar refractivity (Wildman–Crippen MR) is 88.1 cm³/mol. The van der Waals surface area contributed by atoms with Crippen molar-refractivity contribution in [2.24, 2.45) is 0 Å². The second kappa shape index (κ2) is 7.20. The van der Waals surface area contributed by atoms with E-state index in [9.17, 15) is 0 Å². The van der Waals surface area contributed by atoms with E-state index in [4.69, 9.17) is 4.74 Å². The summed E-state index contributed by atoms with van der Waals surface area (Å²) in [4.78, 5) is 4.23. The van der Waals surface area contributed by atoms with E-state index in [-0.39, 0.29) is 6.04 Å². The second-order valence-corrected chi connectivity index (χ2v) is 6.21. The van der Waals surface area contributed by atoms with Crippen molar-refractivity contribution in [2.45, 2.75) is 12.5 Å². The summed E-state index contributed by atoms with van der Waals surface area (Å²) in [5, 5.41) is 3.34. The molecule has 2 aromatic rings. The van der Waals surface area contributed by atoms with Crippen LogP contribution in [0.3, 0.4) is 0 Å². The average Bonchev–Trinajstić information content (AvgIpc) is 2.46. The first-order chi connectivity index (χ1) is 9.63. The van der Waals surface area contributed by atoms with Crippen LogP contribution in [-0.4, -0.2) is 19.1 Å². The molecule has 0 fully saturated rings. The van der Waals surface area contributed by atoms with Crippen molar-refractivity contribution in [1.29, 1.82) is 0 Å². The van der Waals surface area contributed by atoms with Crippen LogP contribution in [0.1, 0.15) is 17.2 Å². The largest absolute Gasteiger partial charge is 0.497 e. The molecular weight excluding hydrogens is 384 g/mol. The third kappa shape index (κ3) is 3.81. The van der Waals surface area contributed by atoms with Gasteiger partial charge in [-0.05, 0) is 64.8 Å². The molecule has 0 bridgehead atoms. The lowest BCUT2D eigenvalue weighted by atomic mass is 10.0. The highest BCUT2D eigenvalue weighted by molar-refractivity contribution is 9.10. The van der Waals surface area contributed by atoms with E-state index in [2.05, 4.69) is 54.3 Å². The van der Waals surface area contributed by atoms with Crippen molar-refractivity contribution >= 4 is 31.9 Å². The molecule has 0 saturated heterocycles. The summed E-state index contributed by atoms with van der Waals surface area (Å²) in [6, 6.07) is 8.30. The molecule has 1 aromatic carbocycles. The zero-order valence-corrected chi connectivity index (χ0v) is 14.5. The standard InChI is InChI=1S/C15H16Br2N2O/c1-18-15(11-5-12(16)9-19-8-11)7-10-6-13(20-2)3-4-14(10)17/h3-6,8-9,15,18H,7H2,1-2H3. The summed E-state index contributed by atoms with van der Waals surface area (Å²) in [6.45, 7) is 0. The first-order valence-electron chi connectivity index (χ1n) is 6.24. The lowest BCUT2D eigenvalue weighted by Gasteiger charge is -2.18. The number of hydrogen-bond acceptors (Lipinski definition) is 3. The fourth-order valence-corrected chi connectivity index (χ4v) is 2.85. The van der Waals surface area contributed by atoms with Gasteiger partial charge in [-0.25, -0.2) is 0 Å². The number of likely N-dealkylation sites (N-methyl/N-ethyl adjacent to an activating group) is 1. The number of hydrogen-bond donors (Lipinski definition) is 1. The maximum Gasteiger partial charge on any atom is 0.119 e. The van der Waals surface area contributed by atoms with Gasteiger partial charge in [0.25, 0.3) is 0 Å². The van der Waals surface area contributed by atoms with Crippen LogP contribution in [0, 0.1) is 0 Å². The summed E-state index contributed by atoms with van der Waals surface area (Å²) < 4.78 is 7.36. The summed E-state index contributed by atoms with van der Waals surface area (Å²) in [7, 11) is 3.64. The highest BCUT2D eigenvalue weighted by Gasteiger charge is 2.13. The molecule has 0 radical (unpaired) electrons. The van der Waals surface area contributed by atoms with Gasteiger partial charge in [0.1, 0.15) is 5.75 Å². The van der Waals surface area contributed by atoms with E-state index < -0.39 is 0 Å². The van der Waals surface area contributed by atoms with Crippen molar-refractivity contribution in [2.75, 3.05) is 14.2 Å². The minimum Gasteiger partial charge on any atom is -0.497 e. The number of rotatable bonds is 5. The predicted octanol–water partition coefficient (Wildman–Crippen LogP) is 4.12. The Morgan fingerprint density at radius 2 is 2.05 bits per heavy atom. The van der Waals surface area contributed by atoms with Gasteiger partial charge in [-0.1, -0.05) is 15.9 Å². The van der Waals surface area contributed by atoms with Crippen LogP contribution in [0.4, 0.5) is 0 Å². The van der Waals surface area contributed by atoms with Gasteiger partial charge in [0.05, 0.1) is 7.11 Å². The summed E-state index contributed by atoms with van der Waals surface area (Å²) in [5.74, 6) is 0.866. The molecule has 0 aliphatic carbocycles. The van der Waals surface area contributed by atoms with Gasteiger partial charge in [-0.2, -0.15) is 0 Å². The van der Waals surface area contributed by atoms with Gasteiger partial charge >= 0.3 is 0 Å². The smallest absolute Gasteiger partial charge is 0.119 e. The first kappa shape index (κ1) is 15.5. The van der Waals surface area contributed by atoms with Crippen molar-refractivity contribution in [3.63, 3.8) is 0 Å². The summed E-state index contributed by atoms with van der Waals surface area (Å²) in [6.07, 6.45) is 4.53. The zero-order valence-electron chi connectivity index (χ0n) is 11.4. The van der Waals surface area contributed by atoms with Crippen LogP contribution in [0.5, 0.6) is 5.75 Å². The normalized spacial score (nSPS) is 12.2. The molecule has 1 N–H and O–H groups in total. The van der Waals surface area contributed by atoms with Gasteiger partial charge < -0.3 is 10.1 Å². The number of ether oxygens (including phenoxy) is 1. The highest BCUT2D eigenvalue weighted by Crippen LogP contribution is 2.27. The summed E-state index contributed by atoms with van der Waals surface area (Å²) in [5.41, 5.74) is 2.35. The van der Waals surface area contributed by atoms with Crippen LogP contribution in [0.15, 0.2) is 45.6 Å². The Balaban J connectivity index is 2.26. The van der Waals surface area contributed by atoms with Gasteiger partial charge in [0, 0.05) is 27.4 Å². The molecular formula is C15H16Br2N2O. The molecule has 0 aliphatic rings. The highest BCUT2D eigenvalue weighted by atomic mass is 79.9. The minimum absolute atomic E-state index is 0.198. The Morgan fingerprint density at radius 3 is 2.70 bits per heavy atom. The number of pyridine rings is 1. The molecule has 1 atom stereocenters. The molecule has 0 saturated carbocycles. The molecule has 2 rings (SSSR count). The number of benzene rings is 1. The third-order valence-corrected chi connectivity index (χ3v) is 4.36. The Bertz CT molecular complexity index is 590. The molecule has 0 aliphatic heterocycles. The van der Waals surface area contributed by atoms with E-state index >= 15 is 0 Å². The number of nitrogens with one attached hydrogen (secondary N) is 1. The molecule has 5 heteroatoms. The average molecular weight is 400 g/mol. The van der Waals surface area contributed by atoms with Crippen molar-refractivity contribution < 1.29 is 4.74 Å². The molecule has 1 unspecified atom stereocenters. The Kier molecular flexibility index (Phi) is 5.57. The lowest BCUT2D eigenvalue weighted by Crippen LogP contribution is -2.19. The van der Waals surface area contributed by atoms with Gasteiger partial charge in [0.15, 0.2) is 0 Å². The number of methoxy groups -OCH3 is 1. The second-order valence-electron chi connectivity index (χ2n) is 4.44. The Morgan fingerprint density at radius 1 is 1.25 bits per heavy atom. The molecule has 0 spiro atoms. The maximum atomic E-state index is 5.29. The van der Waals surface area contributed by atoms with Gasteiger partial charge in [-0.15, -0.1) is 0 Å². The van der Waals surface area contributed by atoms with E-state index in [0.717, 1.165) is 26.7 Å². The molecule has 106 valence electrons. The fraction of sp³-hybridized carbons (Fsp3) is 0.267. The monoisotopic (exact) mass is 398 g/mol. The maximum absolute atomic E-state index is 5.29.